The predicted molar refractivity (Wildman–Crippen MR) is 86.4 cm³/mol. The second-order valence-corrected chi connectivity index (χ2v) is 5.94. The molecule has 2 aromatic heterocycles. The van der Waals surface area contributed by atoms with E-state index in [1.807, 2.05) is 18.2 Å². The Morgan fingerprint density at radius 1 is 1.32 bits per heavy atom. The van der Waals surface area contributed by atoms with Crippen molar-refractivity contribution in [3.8, 4) is 11.4 Å². The highest BCUT2D eigenvalue weighted by atomic mass is 16.1. The average Bonchev–Trinajstić information content (AvgIpc) is 2.97. The minimum atomic E-state index is -0.150. The van der Waals surface area contributed by atoms with Crippen molar-refractivity contribution in [1.82, 2.24) is 20.3 Å². The van der Waals surface area contributed by atoms with Crippen molar-refractivity contribution in [2.45, 2.75) is 19.3 Å². The third kappa shape index (κ3) is 2.70. The van der Waals surface area contributed by atoms with Crippen LogP contribution >= 0.6 is 0 Å². The van der Waals surface area contributed by atoms with E-state index in [9.17, 15) is 4.79 Å². The van der Waals surface area contributed by atoms with Gasteiger partial charge in [0.05, 0.1) is 11.0 Å². The van der Waals surface area contributed by atoms with E-state index in [1.54, 1.807) is 12.4 Å². The number of nitrogens with one attached hydrogen (secondary N) is 2. The van der Waals surface area contributed by atoms with Crippen LogP contribution in [0.2, 0.25) is 0 Å². The molecule has 2 heterocycles. The Labute approximate surface area is 128 Å². The molecule has 0 fully saturated rings. The molecule has 0 spiro atoms. The van der Waals surface area contributed by atoms with E-state index in [0.29, 0.717) is 6.54 Å². The highest BCUT2D eigenvalue weighted by Crippen LogP contribution is 2.27. The Balaban J connectivity index is 1.98. The van der Waals surface area contributed by atoms with Crippen molar-refractivity contribution in [3.63, 3.8) is 0 Å². The van der Waals surface area contributed by atoms with Crippen LogP contribution in [-0.4, -0.2) is 27.9 Å². The quantitative estimate of drug-likeness (QED) is 0.711. The van der Waals surface area contributed by atoms with Crippen molar-refractivity contribution in [2.24, 2.45) is 0 Å². The van der Waals surface area contributed by atoms with Crippen LogP contribution in [0.4, 0.5) is 0 Å². The zero-order valence-corrected chi connectivity index (χ0v) is 12.6. The largest absolute Gasteiger partial charge is 0.358 e. The first-order chi connectivity index (χ1) is 10.6. The van der Waals surface area contributed by atoms with Crippen molar-refractivity contribution < 1.29 is 4.79 Å². The molecule has 5 nitrogen and oxygen atoms in total. The van der Waals surface area contributed by atoms with Gasteiger partial charge in [0.25, 0.3) is 0 Å². The summed E-state index contributed by atoms with van der Waals surface area (Å²) in [6.45, 7) is 4.78. The third-order valence-corrected chi connectivity index (χ3v) is 3.83. The number of hydrogen-bond donors (Lipinski definition) is 2. The molecule has 22 heavy (non-hydrogen) atoms. The molecule has 3 aromatic rings. The molecule has 0 aliphatic rings. The Morgan fingerprint density at radius 3 is 2.91 bits per heavy atom. The Morgan fingerprint density at radius 2 is 2.18 bits per heavy atom. The molecule has 0 atom stereocenters. The van der Waals surface area contributed by atoms with Crippen LogP contribution in [0.1, 0.15) is 19.4 Å². The molecular formula is C17H18N4O. The molecule has 0 aliphatic heterocycles. The van der Waals surface area contributed by atoms with Crippen LogP contribution in [-0.2, 0) is 10.2 Å². The van der Waals surface area contributed by atoms with Gasteiger partial charge in [-0.2, -0.15) is 0 Å². The number of fused-ring (bicyclic) bond motifs is 1. The van der Waals surface area contributed by atoms with Gasteiger partial charge >= 0.3 is 0 Å². The lowest BCUT2D eigenvalue weighted by Gasteiger charge is -2.24. The maximum Gasteiger partial charge on any atom is 0.207 e. The Hall–Kier alpha value is -2.69. The fourth-order valence-corrected chi connectivity index (χ4v) is 2.47. The number of carbonyl (C=O) groups excluding carboxylic acids is 1. The van der Waals surface area contributed by atoms with Crippen molar-refractivity contribution >= 4 is 17.4 Å². The van der Waals surface area contributed by atoms with E-state index in [4.69, 9.17) is 0 Å². The van der Waals surface area contributed by atoms with Crippen LogP contribution in [0.25, 0.3) is 22.4 Å². The lowest BCUT2D eigenvalue weighted by molar-refractivity contribution is -0.109. The minimum absolute atomic E-state index is 0.150. The molecule has 0 saturated heterocycles. The van der Waals surface area contributed by atoms with Crippen molar-refractivity contribution in [3.05, 3.63) is 48.3 Å². The minimum Gasteiger partial charge on any atom is -0.358 e. The molecule has 5 heteroatoms. The number of pyridine rings is 1. The fourth-order valence-electron chi connectivity index (χ4n) is 2.47. The number of rotatable bonds is 5. The summed E-state index contributed by atoms with van der Waals surface area (Å²) >= 11 is 0. The second-order valence-electron chi connectivity index (χ2n) is 5.94. The van der Waals surface area contributed by atoms with Gasteiger partial charge in [-0.15, -0.1) is 0 Å². The van der Waals surface area contributed by atoms with Gasteiger partial charge in [0.15, 0.2) is 0 Å². The lowest BCUT2D eigenvalue weighted by Crippen LogP contribution is -2.32. The first-order valence-corrected chi connectivity index (χ1v) is 7.18. The highest BCUT2D eigenvalue weighted by Gasteiger charge is 2.21. The van der Waals surface area contributed by atoms with E-state index in [-0.39, 0.29) is 5.41 Å². The molecule has 2 N–H and O–H groups in total. The summed E-state index contributed by atoms with van der Waals surface area (Å²) < 4.78 is 0. The van der Waals surface area contributed by atoms with E-state index in [2.05, 4.69) is 46.2 Å². The number of hydrogen-bond acceptors (Lipinski definition) is 3. The first-order valence-electron chi connectivity index (χ1n) is 7.18. The number of aromatic amines is 1. The number of amides is 1. The van der Waals surface area contributed by atoms with Gasteiger partial charge in [-0.25, -0.2) is 4.98 Å². The SMILES string of the molecule is CC(C)(CNC=O)c1ccc2[nH]c(-c3cccnc3)nc2c1. The number of imidazole rings is 1. The fraction of sp³-hybridized carbons (Fsp3) is 0.235. The molecule has 1 aromatic carbocycles. The van der Waals surface area contributed by atoms with Gasteiger partial charge in [-0.05, 0) is 29.8 Å². The molecular weight excluding hydrogens is 276 g/mol. The second kappa shape index (κ2) is 5.60. The number of aromatic nitrogens is 3. The predicted octanol–water partition coefficient (Wildman–Crippen LogP) is 2.65. The van der Waals surface area contributed by atoms with Crippen LogP contribution < -0.4 is 5.32 Å². The molecule has 0 unspecified atom stereocenters. The highest BCUT2D eigenvalue weighted by molar-refractivity contribution is 5.80. The van der Waals surface area contributed by atoms with Crippen LogP contribution in [0, 0.1) is 0 Å². The summed E-state index contributed by atoms with van der Waals surface area (Å²) in [7, 11) is 0. The Bertz CT molecular complexity index is 793. The molecule has 0 aliphatic carbocycles. The maximum absolute atomic E-state index is 10.5. The normalized spacial score (nSPS) is 11.5. The standard InChI is InChI=1S/C17H18N4O/c1-17(2,10-19-11-22)13-5-6-14-15(8-13)21-16(20-14)12-4-3-7-18-9-12/h3-9,11H,10H2,1-2H3,(H,19,22)(H,20,21). The summed E-state index contributed by atoms with van der Waals surface area (Å²) in [6.07, 6.45) is 4.26. The van der Waals surface area contributed by atoms with Crippen molar-refractivity contribution in [1.29, 1.82) is 0 Å². The summed E-state index contributed by atoms with van der Waals surface area (Å²) in [6, 6.07) is 10.0. The zero-order chi connectivity index (χ0) is 15.6. The summed E-state index contributed by atoms with van der Waals surface area (Å²) in [5, 5.41) is 2.75. The topological polar surface area (TPSA) is 70.7 Å². The monoisotopic (exact) mass is 294 g/mol. The number of nitrogens with zero attached hydrogens (tertiary/aromatic N) is 2. The van der Waals surface area contributed by atoms with Crippen LogP contribution in [0.5, 0.6) is 0 Å². The van der Waals surface area contributed by atoms with E-state index in [0.717, 1.165) is 34.4 Å². The van der Waals surface area contributed by atoms with Gasteiger partial charge in [0.2, 0.25) is 6.41 Å². The smallest absolute Gasteiger partial charge is 0.207 e. The van der Waals surface area contributed by atoms with Gasteiger partial charge < -0.3 is 10.3 Å². The summed E-state index contributed by atoms with van der Waals surface area (Å²) in [5.74, 6) is 0.809. The van der Waals surface area contributed by atoms with Crippen molar-refractivity contribution in [2.75, 3.05) is 6.54 Å². The number of benzene rings is 1. The molecule has 112 valence electrons. The summed E-state index contributed by atoms with van der Waals surface area (Å²) in [4.78, 5) is 22.6. The number of H-pyrrole nitrogens is 1. The van der Waals surface area contributed by atoms with Gasteiger partial charge in [-0.1, -0.05) is 19.9 Å². The first kappa shape index (κ1) is 14.3. The molecule has 0 radical (unpaired) electrons. The maximum atomic E-state index is 10.5. The van der Waals surface area contributed by atoms with Gasteiger partial charge in [-0.3, -0.25) is 9.78 Å². The van der Waals surface area contributed by atoms with Gasteiger partial charge in [0, 0.05) is 29.9 Å². The van der Waals surface area contributed by atoms with E-state index in [1.165, 1.54) is 0 Å². The molecule has 1 amide bonds. The average molecular weight is 294 g/mol. The van der Waals surface area contributed by atoms with Gasteiger partial charge in [0.1, 0.15) is 5.82 Å². The lowest BCUT2D eigenvalue weighted by atomic mass is 9.84. The van der Waals surface area contributed by atoms with Crippen LogP contribution in [0.3, 0.4) is 0 Å². The summed E-state index contributed by atoms with van der Waals surface area (Å²) in [5.41, 5.74) is 3.85. The molecule has 0 saturated carbocycles. The number of carbonyl (C=O) groups is 1. The molecule has 3 rings (SSSR count). The molecule has 0 bridgehead atoms. The van der Waals surface area contributed by atoms with E-state index < -0.39 is 0 Å². The van der Waals surface area contributed by atoms with E-state index >= 15 is 0 Å². The third-order valence-electron chi connectivity index (χ3n) is 3.83. The van der Waals surface area contributed by atoms with Crippen LogP contribution in [0.15, 0.2) is 42.7 Å². The zero-order valence-electron chi connectivity index (χ0n) is 12.6. The Kier molecular flexibility index (Phi) is 3.63.